The molecular weight excluding hydrogens is 250 g/mol. The highest BCUT2D eigenvalue weighted by molar-refractivity contribution is 6.00. The number of imidazole rings is 1. The summed E-state index contributed by atoms with van der Waals surface area (Å²) in [6.07, 6.45) is 6.80. The molecular formula is C16H21N3O. The minimum absolute atomic E-state index is 0.157. The Kier molecular flexibility index (Phi) is 3.83. The Morgan fingerprint density at radius 3 is 2.95 bits per heavy atom. The van der Waals surface area contributed by atoms with Crippen molar-refractivity contribution < 1.29 is 4.79 Å². The number of aromatic nitrogens is 2. The number of carbonyl (C=O) groups excluding carboxylic acids is 1. The molecule has 0 unspecified atom stereocenters. The van der Waals surface area contributed by atoms with Gasteiger partial charge in [0.25, 0.3) is 0 Å². The minimum atomic E-state index is 0.157. The molecule has 1 aliphatic carbocycles. The van der Waals surface area contributed by atoms with Crippen LogP contribution in [-0.2, 0) is 6.54 Å². The highest BCUT2D eigenvalue weighted by atomic mass is 16.1. The first-order valence-electron chi connectivity index (χ1n) is 7.49. The number of nitrogens with zero attached hydrogens (tertiary/aromatic N) is 2. The summed E-state index contributed by atoms with van der Waals surface area (Å²) in [5, 5.41) is 3.37. The monoisotopic (exact) mass is 271 g/mol. The number of rotatable bonds is 5. The van der Waals surface area contributed by atoms with Crippen molar-refractivity contribution in [2.24, 2.45) is 0 Å². The molecule has 106 valence electrons. The molecule has 2 aromatic rings. The fraction of sp³-hybridized carbons (Fsp3) is 0.500. The van der Waals surface area contributed by atoms with E-state index < -0.39 is 0 Å². The maximum atomic E-state index is 12.2. The first-order chi connectivity index (χ1) is 9.78. The van der Waals surface area contributed by atoms with Crippen LogP contribution in [0.1, 0.15) is 43.0 Å². The van der Waals surface area contributed by atoms with E-state index in [1.54, 1.807) is 0 Å². The molecule has 3 rings (SSSR count). The molecule has 1 heterocycles. The normalized spacial score (nSPS) is 16.1. The van der Waals surface area contributed by atoms with Crippen LogP contribution in [0.15, 0.2) is 24.5 Å². The van der Waals surface area contributed by atoms with E-state index in [4.69, 9.17) is 0 Å². The Bertz CT molecular complexity index is 611. The molecule has 4 heteroatoms. The number of fused-ring (bicyclic) bond motifs is 1. The highest BCUT2D eigenvalue weighted by Crippen LogP contribution is 2.18. The Morgan fingerprint density at radius 2 is 2.20 bits per heavy atom. The molecule has 0 aliphatic heterocycles. The molecule has 0 radical (unpaired) electrons. The molecule has 4 nitrogen and oxygen atoms in total. The zero-order valence-corrected chi connectivity index (χ0v) is 11.9. The Morgan fingerprint density at radius 1 is 1.40 bits per heavy atom. The van der Waals surface area contributed by atoms with Gasteiger partial charge in [-0.25, -0.2) is 4.98 Å². The lowest BCUT2D eigenvalue weighted by Gasteiger charge is -2.10. The van der Waals surface area contributed by atoms with Gasteiger partial charge in [0.2, 0.25) is 0 Å². The number of aryl methyl sites for hydroxylation is 1. The van der Waals surface area contributed by atoms with Crippen molar-refractivity contribution >= 4 is 16.8 Å². The molecule has 1 aliphatic rings. The lowest BCUT2D eigenvalue weighted by atomic mass is 10.1. The molecule has 0 saturated heterocycles. The maximum absolute atomic E-state index is 12.2. The van der Waals surface area contributed by atoms with E-state index in [0.29, 0.717) is 12.6 Å². The van der Waals surface area contributed by atoms with Crippen LogP contribution in [0.3, 0.4) is 0 Å². The van der Waals surface area contributed by atoms with Crippen LogP contribution in [0.4, 0.5) is 0 Å². The van der Waals surface area contributed by atoms with Gasteiger partial charge in [-0.3, -0.25) is 4.79 Å². The molecule has 0 bridgehead atoms. The fourth-order valence-electron chi connectivity index (χ4n) is 2.96. The number of Topliss-reactive ketones (excluding diaryl/α,β-unsaturated/α-hetero) is 1. The predicted molar refractivity (Wildman–Crippen MR) is 80.0 cm³/mol. The van der Waals surface area contributed by atoms with Gasteiger partial charge < -0.3 is 9.88 Å². The summed E-state index contributed by atoms with van der Waals surface area (Å²) in [7, 11) is 0. The van der Waals surface area contributed by atoms with E-state index >= 15 is 0 Å². The Hall–Kier alpha value is -1.68. The number of hydrogen-bond donors (Lipinski definition) is 1. The third kappa shape index (κ3) is 2.61. The average molecular weight is 271 g/mol. The molecule has 0 amide bonds. The number of carbonyl (C=O) groups is 1. The number of hydrogen-bond acceptors (Lipinski definition) is 3. The molecule has 1 aromatic carbocycles. The van der Waals surface area contributed by atoms with E-state index in [2.05, 4.69) is 21.8 Å². The van der Waals surface area contributed by atoms with Crippen molar-refractivity contribution in [3.05, 3.63) is 30.1 Å². The molecule has 20 heavy (non-hydrogen) atoms. The van der Waals surface area contributed by atoms with Crippen molar-refractivity contribution in [1.29, 1.82) is 0 Å². The molecule has 1 fully saturated rings. The van der Waals surface area contributed by atoms with Crippen molar-refractivity contribution in [2.45, 2.75) is 45.2 Å². The van der Waals surface area contributed by atoms with Crippen molar-refractivity contribution in [3.63, 3.8) is 0 Å². The third-order valence-electron chi connectivity index (χ3n) is 4.19. The van der Waals surface area contributed by atoms with Crippen LogP contribution in [0.25, 0.3) is 11.0 Å². The van der Waals surface area contributed by atoms with Gasteiger partial charge in [0, 0.05) is 18.2 Å². The summed E-state index contributed by atoms with van der Waals surface area (Å²) in [6, 6.07) is 6.34. The summed E-state index contributed by atoms with van der Waals surface area (Å²) >= 11 is 0. The zero-order chi connectivity index (χ0) is 13.9. The van der Waals surface area contributed by atoms with Gasteiger partial charge in [0.05, 0.1) is 23.9 Å². The topological polar surface area (TPSA) is 46.9 Å². The van der Waals surface area contributed by atoms with Gasteiger partial charge in [0.15, 0.2) is 5.78 Å². The van der Waals surface area contributed by atoms with E-state index in [1.165, 1.54) is 25.7 Å². The second kappa shape index (κ2) is 5.75. The van der Waals surface area contributed by atoms with Gasteiger partial charge in [0.1, 0.15) is 0 Å². The quantitative estimate of drug-likeness (QED) is 0.851. The second-order valence-electron chi connectivity index (χ2n) is 5.52. The first-order valence-corrected chi connectivity index (χ1v) is 7.49. The van der Waals surface area contributed by atoms with Crippen LogP contribution in [0.5, 0.6) is 0 Å². The largest absolute Gasteiger partial charge is 0.331 e. The summed E-state index contributed by atoms with van der Waals surface area (Å²) in [5.41, 5.74) is 2.75. The molecule has 1 saturated carbocycles. The van der Waals surface area contributed by atoms with Crippen LogP contribution in [-0.4, -0.2) is 27.9 Å². The van der Waals surface area contributed by atoms with Gasteiger partial charge >= 0.3 is 0 Å². The average Bonchev–Trinajstić information content (AvgIpc) is 3.13. The van der Waals surface area contributed by atoms with Crippen molar-refractivity contribution in [3.8, 4) is 0 Å². The maximum Gasteiger partial charge on any atom is 0.176 e. The SMILES string of the molecule is CCn1cnc2cc(C(=O)CNC3CCCC3)ccc21. The predicted octanol–water partition coefficient (Wildman–Crippen LogP) is 2.77. The van der Waals surface area contributed by atoms with E-state index in [9.17, 15) is 4.79 Å². The van der Waals surface area contributed by atoms with E-state index in [1.807, 2.05) is 24.5 Å². The number of benzene rings is 1. The van der Waals surface area contributed by atoms with Gasteiger partial charge in [-0.05, 0) is 38.0 Å². The summed E-state index contributed by atoms with van der Waals surface area (Å²) in [5.74, 6) is 0.157. The standard InChI is InChI=1S/C16H21N3O/c1-2-19-11-18-14-9-12(7-8-15(14)19)16(20)10-17-13-5-3-4-6-13/h7-9,11,13,17H,2-6,10H2,1H3. The highest BCUT2D eigenvalue weighted by Gasteiger charge is 2.16. The first kappa shape index (κ1) is 13.3. The number of ketones is 1. The molecule has 1 aromatic heterocycles. The van der Waals surface area contributed by atoms with Crippen molar-refractivity contribution in [2.75, 3.05) is 6.54 Å². The summed E-state index contributed by atoms with van der Waals surface area (Å²) < 4.78 is 2.08. The third-order valence-corrected chi connectivity index (χ3v) is 4.19. The van der Waals surface area contributed by atoms with Gasteiger partial charge in [-0.1, -0.05) is 12.8 Å². The lowest BCUT2D eigenvalue weighted by Crippen LogP contribution is -2.31. The summed E-state index contributed by atoms with van der Waals surface area (Å²) in [4.78, 5) is 16.6. The van der Waals surface area contributed by atoms with E-state index in [0.717, 1.165) is 23.1 Å². The smallest absolute Gasteiger partial charge is 0.176 e. The Balaban J connectivity index is 1.70. The van der Waals surface area contributed by atoms with Crippen LogP contribution in [0, 0.1) is 0 Å². The second-order valence-corrected chi connectivity index (χ2v) is 5.52. The number of nitrogens with one attached hydrogen (secondary N) is 1. The van der Waals surface area contributed by atoms with Gasteiger partial charge in [-0.15, -0.1) is 0 Å². The fourth-order valence-corrected chi connectivity index (χ4v) is 2.96. The van der Waals surface area contributed by atoms with Crippen LogP contribution < -0.4 is 5.32 Å². The van der Waals surface area contributed by atoms with Crippen LogP contribution in [0.2, 0.25) is 0 Å². The van der Waals surface area contributed by atoms with Crippen molar-refractivity contribution in [1.82, 2.24) is 14.9 Å². The molecule has 0 atom stereocenters. The lowest BCUT2D eigenvalue weighted by molar-refractivity contribution is 0.0987. The van der Waals surface area contributed by atoms with Gasteiger partial charge in [-0.2, -0.15) is 0 Å². The summed E-state index contributed by atoms with van der Waals surface area (Å²) in [6.45, 7) is 3.42. The van der Waals surface area contributed by atoms with Crippen LogP contribution >= 0.6 is 0 Å². The zero-order valence-electron chi connectivity index (χ0n) is 11.9. The minimum Gasteiger partial charge on any atom is -0.331 e. The Labute approximate surface area is 119 Å². The molecule has 1 N–H and O–H groups in total. The van der Waals surface area contributed by atoms with E-state index in [-0.39, 0.29) is 5.78 Å². The molecule has 0 spiro atoms.